The molecule has 8 nitrogen and oxygen atoms in total. The fourth-order valence-corrected chi connectivity index (χ4v) is 4.77. The number of carbonyl (C=O) groups excluding carboxylic acids is 1. The number of rotatable bonds is 13. The van der Waals surface area contributed by atoms with Gasteiger partial charge in [0.1, 0.15) is 0 Å². The smallest absolute Gasteiger partial charge is 0.204 e. The van der Waals surface area contributed by atoms with Crippen LogP contribution < -0.4 is 20.9 Å². The van der Waals surface area contributed by atoms with Crippen molar-refractivity contribution < 1.29 is 15.0 Å². The molecule has 42 heavy (non-hydrogen) atoms. The molecule has 0 aliphatic heterocycles. The Bertz CT molecular complexity index is 1480. The molecule has 0 heterocycles. The van der Waals surface area contributed by atoms with Crippen molar-refractivity contribution in [2.24, 2.45) is 4.99 Å². The number of aliphatic imine (C=N–C) groups is 1. The summed E-state index contributed by atoms with van der Waals surface area (Å²) in [6.45, 7) is 9.58. The molecule has 0 amide bonds. The van der Waals surface area contributed by atoms with Crippen LogP contribution in [0.5, 0.6) is 0 Å². The number of anilines is 4. The summed E-state index contributed by atoms with van der Waals surface area (Å²) in [5, 5.41) is 29.0. The third-order valence-corrected chi connectivity index (χ3v) is 7.27. The number of hydrogen-bond acceptors (Lipinski definition) is 8. The first-order valence-electron chi connectivity index (χ1n) is 14.5. The van der Waals surface area contributed by atoms with Crippen molar-refractivity contribution in [1.82, 2.24) is 0 Å². The van der Waals surface area contributed by atoms with Gasteiger partial charge in [-0.1, -0.05) is 25.1 Å². The number of hydrogen-bond donors (Lipinski definition) is 5. The number of para-hydroxylation sites is 1. The van der Waals surface area contributed by atoms with Crippen molar-refractivity contribution in [2.45, 2.75) is 40.2 Å². The van der Waals surface area contributed by atoms with Crippen LogP contribution in [0.15, 0.2) is 95.3 Å². The third-order valence-electron chi connectivity index (χ3n) is 7.27. The fraction of sp³-hybridized carbons (Fsp3) is 0.294. The van der Waals surface area contributed by atoms with Crippen LogP contribution in [0, 0.1) is 13.8 Å². The standard InChI is InChI=1S/C34H41N5O3/c1-5-25(22-41)35-27-12-14-29(23(3)18-27)37-31-20-33(34(42)21-32(31)36-26-10-8-7-9-11-26)38-30-15-13-28(19-24(30)4)39(6-2)16-17-40/h7-15,18-21,25,35-36,38,40-41H,5-6,16-17,22H2,1-4H3. The fourth-order valence-electron chi connectivity index (χ4n) is 4.77. The van der Waals surface area contributed by atoms with Gasteiger partial charge in [0.25, 0.3) is 0 Å². The number of benzene rings is 3. The van der Waals surface area contributed by atoms with Crippen LogP contribution in [0.4, 0.5) is 28.4 Å². The van der Waals surface area contributed by atoms with Crippen molar-refractivity contribution in [3.63, 3.8) is 0 Å². The van der Waals surface area contributed by atoms with Crippen molar-refractivity contribution >= 4 is 39.9 Å². The van der Waals surface area contributed by atoms with Gasteiger partial charge in [0.15, 0.2) is 0 Å². The van der Waals surface area contributed by atoms with Gasteiger partial charge in [-0.3, -0.25) is 4.79 Å². The highest BCUT2D eigenvalue weighted by atomic mass is 16.3. The van der Waals surface area contributed by atoms with E-state index in [1.165, 1.54) is 0 Å². The van der Waals surface area contributed by atoms with Gasteiger partial charge in [-0.25, -0.2) is 4.99 Å². The van der Waals surface area contributed by atoms with Crippen LogP contribution >= 0.6 is 0 Å². The molecule has 0 aromatic heterocycles. The zero-order valence-corrected chi connectivity index (χ0v) is 24.8. The molecule has 0 spiro atoms. The van der Waals surface area contributed by atoms with Crippen LogP contribution in [0.2, 0.25) is 0 Å². The second-order valence-electron chi connectivity index (χ2n) is 10.3. The Morgan fingerprint density at radius 1 is 0.857 bits per heavy atom. The van der Waals surface area contributed by atoms with Crippen LogP contribution in [0.25, 0.3) is 0 Å². The molecule has 0 fully saturated rings. The summed E-state index contributed by atoms with van der Waals surface area (Å²) < 4.78 is 0. The van der Waals surface area contributed by atoms with Gasteiger partial charge in [-0.15, -0.1) is 0 Å². The minimum absolute atomic E-state index is 0.00987. The predicted octanol–water partition coefficient (Wildman–Crippen LogP) is 5.95. The van der Waals surface area contributed by atoms with Crippen molar-refractivity contribution in [2.75, 3.05) is 47.2 Å². The maximum Gasteiger partial charge on any atom is 0.204 e. The molecule has 4 rings (SSSR count). The van der Waals surface area contributed by atoms with E-state index in [1.807, 2.05) is 81.4 Å². The number of nitrogens with zero attached hydrogens (tertiary/aromatic N) is 2. The molecule has 1 aliphatic carbocycles. The Morgan fingerprint density at radius 2 is 1.64 bits per heavy atom. The van der Waals surface area contributed by atoms with Crippen LogP contribution in [-0.2, 0) is 4.79 Å². The van der Waals surface area contributed by atoms with E-state index in [9.17, 15) is 15.0 Å². The lowest BCUT2D eigenvalue weighted by molar-refractivity contribution is -0.111. The largest absolute Gasteiger partial charge is 0.395 e. The van der Waals surface area contributed by atoms with E-state index in [1.54, 1.807) is 12.2 Å². The Labute approximate surface area is 248 Å². The molecule has 5 N–H and O–H groups in total. The molecule has 220 valence electrons. The van der Waals surface area contributed by atoms with E-state index in [-0.39, 0.29) is 25.0 Å². The normalized spacial score (nSPS) is 14.7. The molecule has 0 bridgehead atoms. The monoisotopic (exact) mass is 567 g/mol. The average Bonchev–Trinajstić information content (AvgIpc) is 2.99. The number of aliphatic hydroxyl groups excluding tert-OH is 2. The van der Waals surface area contributed by atoms with Gasteiger partial charge in [-0.2, -0.15) is 0 Å². The van der Waals surface area contributed by atoms with E-state index in [2.05, 4.69) is 33.8 Å². The van der Waals surface area contributed by atoms with E-state index < -0.39 is 0 Å². The van der Waals surface area contributed by atoms with Gasteiger partial charge in [0.05, 0.1) is 36.0 Å². The van der Waals surface area contributed by atoms with E-state index in [0.717, 1.165) is 52.5 Å². The van der Waals surface area contributed by atoms with E-state index in [4.69, 9.17) is 4.99 Å². The lowest BCUT2D eigenvalue weighted by Crippen LogP contribution is -2.26. The summed E-state index contributed by atoms with van der Waals surface area (Å²) in [5.74, 6) is -0.155. The van der Waals surface area contributed by atoms with Crippen molar-refractivity contribution in [1.29, 1.82) is 0 Å². The summed E-state index contributed by atoms with van der Waals surface area (Å²) in [5.41, 5.74) is 8.02. The summed E-state index contributed by atoms with van der Waals surface area (Å²) in [6.07, 6.45) is 4.18. The summed E-state index contributed by atoms with van der Waals surface area (Å²) >= 11 is 0. The number of ketones is 1. The number of carbonyl (C=O) groups is 1. The van der Waals surface area contributed by atoms with Crippen LogP contribution in [-0.4, -0.2) is 54.1 Å². The quantitative estimate of drug-likeness (QED) is 0.162. The first-order valence-corrected chi connectivity index (χ1v) is 14.5. The van der Waals surface area contributed by atoms with Gasteiger partial charge in [-0.05, 0) is 92.9 Å². The summed E-state index contributed by atoms with van der Waals surface area (Å²) in [7, 11) is 0. The molecule has 8 heteroatoms. The maximum absolute atomic E-state index is 13.3. The highest BCUT2D eigenvalue weighted by Crippen LogP contribution is 2.28. The average molecular weight is 568 g/mol. The second kappa shape index (κ2) is 14.5. The molecule has 1 unspecified atom stereocenters. The highest BCUT2D eigenvalue weighted by Gasteiger charge is 2.21. The van der Waals surface area contributed by atoms with Crippen LogP contribution in [0.3, 0.4) is 0 Å². The Morgan fingerprint density at radius 3 is 2.29 bits per heavy atom. The Balaban J connectivity index is 1.66. The highest BCUT2D eigenvalue weighted by molar-refractivity contribution is 6.24. The summed E-state index contributed by atoms with van der Waals surface area (Å²) in [6, 6.07) is 21.6. The SMILES string of the molecule is CCC(CO)Nc1ccc(N=C2C=C(Nc3ccc(N(CC)CCO)cc3C)C(=O)C=C2Nc2ccccc2)c(C)c1. The topological polar surface area (TPSA) is 109 Å². The van der Waals surface area contributed by atoms with Crippen LogP contribution in [0.1, 0.15) is 31.4 Å². The molecular weight excluding hydrogens is 526 g/mol. The van der Waals surface area contributed by atoms with Gasteiger partial charge in [0.2, 0.25) is 5.78 Å². The lowest BCUT2D eigenvalue weighted by atomic mass is 10.0. The minimum atomic E-state index is -0.155. The Kier molecular flexibility index (Phi) is 10.5. The lowest BCUT2D eigenvalue weighted by Gasteiger charge is -2.24. The molecule has 0 radical (unpaired) electrons. The van der Waals surface area contributed by atoms with E-state index in [0.29, 0.717) is 23.7 Å². The number of aliphatic hydroxyl groups is 2. The van der Waals surface area contributed by atoms with E-state index >= 15 is 0 Å². The zero-order valence-electron chi connectivity index (χ0n) is 24.8. The first kappa shape index (κ1) is 30.6. The second-order valence-corrected chi connectivity index (χ2v) is 10.3. The molecule has 1 aliphatic rings. The van der Waals surface area contributed by atoms with Gasteiger partial charge in [0, 0.05) is 48.0 Å². The van der Waals surface area contributed by atoms with Gasteiger partial charge < -0.3 is 31.1 Å². The molecule has 1 atom stereocenters. The zero-order chi connectivity index (χ0) is 30.1. The first-order chi connectivity index (χ1) is 20.3. The molecule has 3 aromatic carbocycles. The van der Waals surface area contributed by atoms with Crippen molar-refractivity contribution in [3.05, 3.63) is 101 Å². The van der Waals surface area contributed by atoms with Gasteiger partial charge >= 0.3 is 0 Å². The number of allylic oxidation sites excluding steroid dienone is 2. The molecular formula is C34H41N5O3. The Hall–Kier alpha value is -4.40. The third kappa shape index (κ3) is 7.66. The predicted molar refractivity (Wildman–Crippen MR) is 174 cm³/mol. The minimum Gasteiger partial charge on any atom is -0.395 e. The molecule has 3 aromatic rings. The number of aryl methyl sites for hydroxylation is 2. The van der Waals surface area contributed by atoms with Crippen molar-refractivity contribution in [3.8, 4) is 0 Å². The number of nitrogens with one attached hydrogen (secondary N) is 3. The number of likely N-dealkylation sites (N-methyl/N-ethyl adjacent to an activating group) is 1. The summed E-state index contributed by atoms with van der Waals surface area (Å²) in [4.78, 5) is 20.4. The molecule has 0 saturated heterocycles. The maximum atomic E-state index is 13.3. The molecule has 0 saturated carbocycles.